The number of hydrogen-bond donors (Lipinski definition) is 2. The van der Waals surface area contributed by atoms with Crippen LogP contribution in [0, 0.1) is 0 Å². The van der Waals surface area contributed by atoms with Crippen LogP contribution in [-0.2, 0) is 9.59 Å². The summed E-state index contributed by atoms with van der Waals surface area (Å²) in [5.41, 5.74) is 0.577. The first-order valence-corrected chi connectivity index (χ1v) is 5.78. The van der Waals surface area contributed by atoms with Gasteiger partial charge >= 0.3 is 5.97 Å². The minimum absolute atomic E-state index is 0.00435. The van der Waals surface area contributed by atoms with E-state index in [9.17, 15) is 14.4 Å². The van der Waals surface area contributed by atoms with Crippen LogP contribution in [0.25, 0.3) is 0 Å². The van der Waals surface area contributed by atoms with Crippen molar-refractivity contribution in [3.05, 3.63) is 29.3 Å². The fourth-order valence-corrected chi connectivity index (χ4v) is 2.12. The van der Waals surface area contributed by atoms with Gasteiger partial charge in [-0.3, -0.25) is 14.9 Å². The van der Waals surface area contributed by atoms with Crippen LogP contribution >= 0.6 is 0 Å². The summed E-state index contributed by atoms with van der Waals surface area (Å²) in [6, 6.07) is 4.58. The Balaban J connectivity index is 2.35. The molecule has 2 rings (SSSR count). The second-order valence-corrected chi connectivity index (χ2v) is 4.27. The van der Waals surface area contributed by atoms with Gasteiger partial charge in [0, 0.05) is 6.42 Å². The number of carboxylic acids is 1. The van der Waals surface area contributed by atoms with E-state index in [1.165, 1.54) is 19.2 Å². The number of carbonyl (C=O) groups is 3. The zero-order valence-corrected chi connectivity index (χ0v) is 10.3. The largest absolute Gasteiger partial charge is 0.496 e. The Labute approximate surface area is 109 Å². The topological polar surface area (TPSA) is 92.7 Å². The van der Waals surface area contributed by atoms with Crippen LogP contribution in [0.15, 0.2) is 18.2 Å². The van der Waals surface area contributed by atoms with Crippen molar-refractivity contribution in [1.29, 1.82) is 0 Å². The lowest BCUT2D eigenvalue weighted by atomic mass is 9.89. The van der Waals surface area contributed by atoms with Gasteiger partial charge in [0.15, 0.2) is 0 Å². The van der Waals surface area contributed by atoms with Crippen LogP contribution in [0.4, 0.5) is 0 Å². The number of amides is 2. The highest BCUT2D eigenvalue weighted by atomic mass is 16.5. The van der Waals surface area contributed by atoms with Gasteiger partial charge in [-0.25, -0.2) is 4.79 Å². The van der Waals surface area contributed by atoms with E-state index in [-0.39, 0.29) is 23.6 Å². The molecule has 1 heterocycles. The van der Waals surface area contributed by atoms with E-state index in [0.717, 1.165) is 0 Å². The van der Waals surface area contributed by atoms with Gasteiger partial charge in [0.05, 0.1) is 13.0 Å². The van der Waals surface area contributed by atoms with E-state index < -0.39 is 17.8 Å². The normalized spacial score (nSPS) is 18.9. The van der Waals surface area contributed by atoms with Crippen molar-refractivity contribution >= 4 is 17.8 Å². The highest BCUT2D eigenvalue weighted by molar-refractivity contribution is 6.01. The van der Waals surface area contributed by atoms with E-state index in [0.29, 0.717) is 12.0 Å². The number of methoxy groups -OCH3 is 1. The van der Waals surface area contributed by atoms with E-state index in [2.05, 4.69) is 5.32 Å². The summed E-state index contributed by atoms with van der Waals surface area (Å²) in [5.74, 6) is -2.07. The quantitative estimate of drug-likeness (QED) is 0.791. The van der Waals surface area contributed by atoms with Gasteiger partial charge in [0.2, 0.25) is 11.8 Å². The molecule has 0 bridgehead atoms. The third-order valence-electron chi connectivity index (χ3n) is 3.10. The summed E-state index contributed by atoms with van der Waals surface area (Å²) in [5, 5.41) is 11.3. The van der Waals surface area contributed by atoms with Crippen molar-refractivity contribution in [2.45, 2.75) is 18.8 Å². The fourth-order valence-electron chi connectivity index (χ4n) is 2.12. The molecule has 2 N–H and O–H groups in total. The summed E-state index contributed by atoms with van der Waals surface area (Å²) < 4.78 is 4.96. The van der Waals surface area contributed by atoms with Crippen LogP contribution in [0.5, 0.6) is 5.75 Å². The van der Waals surface area contributed by atoms with Gasteiger partial charge in [-0.1, -0.05) is 6.07 Å². The Morgan fingerprint density at radius 3 is 2.74 bits per heavy atom. The molecule has 1 aliphatic heterocycles. The molecular formula is C13H13NO5. The number of hydrogen-bond acceptors (Lipinski definition) is 4. The number of ether oxygens (including phenoxy) is 1. The molecule has 1 aromatic carbocycles. The molecule has 100 valence electrons. The molecule has 1 saturated heterocycles. The molecule has 6 heteroatoms. The number of rotatable bonds is 3. The van der Waals surface area contributed by atoms with Crippen molar-refractivity contribution in [3.8, 4) is 5.75 Å². The van der Waals surface area contributed by atoms with Gasteiger partial charge in [0.1, 0.15) is 11.3 Å². The van der Waals surface area contributed by atoms with E-state index >= 15 is 0 Å². The zero-order valence-electron chi connectivity index (χ0n) is 10.3. The first-order valence-electron chi connectivity index (χ1n) is 5.78. The Morgan fingerprint density at radius 1 is 1.42 bits per heavy atom. The third kappa shape index (κ3) is 2.57. The highest BCUT2D eigenvalue weighted by Crippen LogP contribution is 2.29. The van der Waals surface area contributed by atoms with E-state index in [4.69, 9.17) is 9.84 Å². The molecule has 0 spiro atoms. The average molecular weight is 263 g/mol. The Kier molecular flexibility index (Phi) is 3.50. The molecule has 1 aliphatic rings. The standard InChI is InChI=1S/C13H13NO5/c1-19-10-4-2-7(6-9(10)13(17)18)8-3-5-11(15)14-12(8)16/h2,4,6,8H,3,5H2,1H3,(H,17,18)(H,14,15,16). The minimum Gasteiger partial charge on any atom is -0.496 e. The highest BCUT2D eigenvalue weighted by Gasteiger charge is 2.28. The molecule has 2 amide bonds. The maximum atomic E-state index is 11.7. The second kappa shape index (κ2) is 5.09. The predicted molar refractivity (Wildman–Crippen MR) is 65.1 cm³/mol. The molecule has 0 radical (unpaired) electrons. The lowest BCUT2D eigenvalue weighted by Crippen LogP contribution is -2.39. The van der Waals surface area contributed by atoms with Crippen molar-refractivity contribution in [3.63, 3.8) is 0 Å². The smallest absolute Gasteiger partial charge is 0.339 e. The lowest BCUT2D eigenvalue weighted by molar-refractivity contribution is -0.134. The van der Waals surface area contributed by atoms with Gasteiger partial charge in [-0.15, -0.1) is 0 Å². The van der Waals surface area contributed by atoms with E-state index in [1.807, 2.05) is 0 Å². The fraction of sp³-hybridized carbons (Fsp3) is 0.308. The lowest BCUT2D eigenvalue weighted by Gasteiger charge is -2.21. The summed E-state index contributed by atoms with van der Waals surface area (Å²) in [6.07, 6.45) is 0.640. The summed E-state index contributed by atoms with van der Waals surface area (Å²) >= 11 is 0. The van der Waals surface area contributed by atoms with Crippen LogP contribution in [0.2, 0.25) is 0 Å². The molecule has 0 saturated carbocycles. The summed E-state index contributed by atoms with van der Waals surface area (Å²) in [7, 11) is 1.38. The summed E-state index contributed by atoms with van der Waals surface area (Å²) in [6.45, 7) is 0. The van der Waals surface area contributed by atoms with Crippen LogP contribution in [0.1, 0.15) is 34.7 Å². The Morgan fingerprint density at radius 2 is 2.16 bits per heavy atom. The van der Waals surface area contributed by atoms with Crippen LogP contribution in [-0.4, -0.2) is 30.0 Å². The first kappa shape index (κ1) is 13.1. The molecule has 0 aliphatic carbocycles. The number of benzene rings is 1. The maximum Gasteiger partial charge on any atom is 0.339 e. The van der Waals surface area contributed by atoms with Crippen molar-refractivity contribution in [2.24, 2.45) is 0 Å². The number of carbonyl (C=O) groups excluding carboxylic acids is 2. The molecule has 1 fully saturated rings. The number of nitrogens with one attached hydrogen (secondary N) is 1. The van der Waals surface area contributed by atoms with Crippen molar-refractivity contribution < 1.29 is 24.2 Å². The molecule has 1 unspecified atom stereocenters. The minimum atomic E-state index is -1.12. The Bertz CT molecular complexity index is 552. The maximum absolute atomic E-state index is 11.7. The molecule has 0 aromatic heterocycles. The van der Waals surface area contributed by atoms with Crippen molar-refractivity contribution in [1.82, 2.24) is 5.32 Å². The molecule has 6 nitrogen and oxygen atoms in total. The van der Waals surface area contributed by atoms with E-state index in [1.54, 1.807) is 6.07 Å². The number of piperidine rings is 1. The average Bonchev–Trinajstić information content (AvgIpc) is 2.38. The van der Waals surface area contributed by atoms with Gasteiger partial charge in [-0.05, 0) is 24.1 Å². The predicted octanol–water partition coefficient (Wildman–Crippen LogP) is 0.914. The van der Waals surface area contributed by atoms with Crippen LogP contribution < -0.4 is 10.1 Å². The number of carboxylic acid groups (broad SMARTS) is 1. The molecule has 1 aromatic rings. The van der Waals surface area contributed by atoms with Crippen molar-refractivity contribution in [2.75, 3.05) is 7.11 Å². The molecular weight excluding hydrogens is 250 g/mol. The molecule has 1 atom stereocenters. The van der Waals surface area contributed by atoms with Crippen LogP contribution in [0.3, 0.4) is 0 Å². The molecule has 19 heavy (non-hydrogen) atoms. The monoisotopic (exact) mass is 263 g/mol. The third-order valence-corrected chi connectivity index (χ3v) is 3.10. The number of imide groups is 1. The first-order chi connectivity index (χ1) is 9.02. The Hall–Kier alpha value is -2.37. The second-order valence-electron chi connectivity index (χ2n) is 4.27. The number of aromatic carboxylic acids is 1. The van der Waals surface area contributed by atoms with Gasteiger partial charge in [0.25, 0.3) is 0 Å². The van der Waals surface area contributed by atoms with Gasteiger partial charge < -0.3 is 9.84 Å². The zero-order chi connectivity index (χ0) is 14.0. The SMILES string of the molecule is COc1ccc(C2CCC(=O)NC2=O)cc1C(=O)O. The summed E-state index contributed by atoms with van der Waals surface area (Å²) in [4.78, 5) is 33.9. The van der Waals surface area contributed by atoms with Gasteiger partial charge in [-0.2, -0.15) is 0 Å².